The first-order chi connectivity index (χ1) is 25.3. The lowest BCUT2D eigenvalue weighted by molar-refractivity contribution is 0.672. The van der Waals surface area contributed by atoms with Crippen LogP contribution in [0.5, 0.6) is 0 Å². The highest BCUT2D eigenvalue weighted by Crippen LogP contribution is 2.42. The molecular formula is C46H28N4O. The first-order valence-electron chi connectivity index (χ1n) is 17.0. The van der Waals surface area contributed by atoms with Gasteiger partial charge in [-0.25, -0.2) is 19.9 Å². The van der Waals surface area contributed by atoms with Crippen molar-refractivity contribution in [3.8, 4) is 56.5 Å². The molecular weight excluding hydrogens is 625 g/mol. The molecule has 0 saturated carbocycles. The molecule has 7 aromatic carbocycles. The predicted molar refractivity (Wildman–Crippen MR) is 207 cm³/mol. The van der Waals surface area contributed by atoms with E-state index in [2.05, 4.69) is 97.1 Å². The maximum Gasteiger partial charge on any atom is 0.164 e. The SMILES string of the molecule is c1ccc(-c2nc(-c3ccccc3)nc(-c3ccc(-c4ccc5c(c4)nc(-c4cccc6ccccc46)c4c6ccccc6oc54)cc3)n2)cc1. The number of hydrogen-bond acceptors (Lipinski definition) is 5. The normalized spacial score (nSPS) is 11.5. The molecule has 238 valence electrons. The molecule has 0 radical (unpaired) electrons. The first kappa shape index (κ1) is 29.0. The van der Waals surface area contributed by atoms with Gasteiger partial charge in [0.1, 0.15) is 11.2 Å². The van der Waals surface area contributed by atoms with Crippen LogP contribution in [-0.2, 0) is 0 Å². The third-order valence-corrected chi connectivity index (χ3v) is 9.53. The minimum Gasteiger partial charge on any atom is -0.455 e. The predicted octanol–water partition coefficient (Wildman–Crippen LogP) is 11.8. The molecule has 0 fully saturated rings. The van der Waals surface area contributed by atoms with Gasteiger partial charge in [0.2, 0.25) is 0 Å². The van der Waals surface area contributed by atoms with Gasteiger partial charge in [-0.05, 0) is 40.1 Å². The summed E-state index contributed by atoms with van der Waals surface area (Å²) in [6.07, 6.45) is 0. The monoisotopic (exact) mass is 652 g/mol. The second-order valence-electron chi connectivity index (χ2n) is 12.6. The smallest absolute Gasteiger partial charge is 0.164 e. The topological polar surface area (TPSA) is 64.7 Å². The van der Waals surface area contributed by atoms with Gasteiger partial charge in [0.15, 0.2) is 17.5 Å². The second-order valence-corrected chi connectivity index (χ2v) is 12.6. The number of rotatable bonds is 5. The van der Waals surface area contributed by atoms with Gasteiger partial charge in [-0.3, -0.25) is 0 Å². The van der Waals surface area contributed by atoms with Crippen molar-refractivity contribution in [1.29, 1.82) is 0 Å². The zero-order chi connectivity index (χ0) is 33.7. The molecule has 10 rings (SSSR count). The molecule has 0 amide bonds. The van der Waals surface area contributed by atoms with Crippen molar-refractivity contribution < 1.29 is 4.42 Å². The van der Waals surface area contributed by atoms with Gasteiger partial charge >= 0.3 is 0 Å². The lowest BCUT2D eigenvalue weighted by Gasteiger charge is -2.11. The number of pyridine rings is 1. The van der Waals surface area contributed by atoms with Crippen LogP contribution in [0.1, 0.15) is 0 Å². The largest absolute Gasteiger partial charge is 0.455 e. The van der Waals surface area contributed by atoms with Crippen LogP contribution in [0.4, 0.5) is 0 Å². The third kappa shape index (κ3) is 5.03. The van der Waals surface area contributed by atoms with Crippen LogP contribution in [0.2, 0.25) is 0 Å². The highest BCUT2D eigenvalue weighted by Gasteiger charge is 2.20. The molecule has 10 aromatic rings. The molecule has 0 saturated heterocycles. The maximum atomic E-state index is 6.57. The Hall–Kier alpha value is -6.98. The lowest BCUT2D eigenvalue weighted by atomic mass is 9.96. The van der Waals surface area contributed by atoms with E-state index in [4.69, 9.17) is 24.4 Å². The fourth-order valence-electron chi connectivity index (χ4n) is 7.02. The van der Waals surface area contributed by atoms with Gasteiger partial charge in [-0.2, -0.15) is 0 Å². The summed E-state index contributed by atoms with van der Waals surface area (Å²) in [5.41, 5.74) is 9.52. The Balaban J connectivity index is 1.10. The molecule has 51 heavy (non-hydrogen) atoms. The number of para-hydroxylation sites is 1. The minimum absolute atomic E-state index is 0.626. The van der Waals surface area contributed by atoms with Crippen molar-refractivity contribution in [2.24, 2.45) is 0 Å². The molecule has 3 aromatic heterocycles. The van der Waals surface area contributed by atoms with Crippen LogP contribution in [0.25, 0.3) is 100 Å². The van der Waals surface area contributed by atoms with Gasteiger partial charge in [-0.1, -0.05) is 152 Å². The van der Waals surface area contributed by atoms with Crippen LogP contribution in [-0.4, -0.2) is 19.9 Å². The molecule has 0 N–H and O–H groups in total. The Labute approximate surface area is 293 Å². The number of benzene rings is 7. The molecule has 5 nitrogen and oxygen atoms in total. The second kappa shape index (κ2) is 11.9. The van der Waals surface area contributed by atoms with Crippen LogP contribution in [0.15, 0.2) is 174 Å². The van der Waals surface area contributed by atoms with Crippen molar-refractivity contribution in [2.75, 3.05) is 0 Å². The Morgan fingerprint density at radius 2 is 0.922 bits per heavy atom. The van der Waals surface area contributed by atoms with Gasteiger partial charge in [0.05, 0.1) is 16.6 Å². The van der Waals surface area contributed by atoms with Gasteiger partial charge in [0.25, 0.3) is 0 Å². The van der Waals surface area contributed by atoms with E-state index in [1.165, 1.54) is 5.39 Å². The Morgan fingerprint density at radius 3 is 1.63 bits per heavy atom. The van der Waals surface area contributed by atoms with Crippen molar-refractivity contribution in [3.05, 3.63) is 170 Å². The summed E-state index contributed by atoms with van der Waals surface area (Å²) in [6, 6.07) is 58.0. The summed E-state index contributed by atoms with van der Waals surface area (Å²) >= 11 is 0. The summed E-state index contributed by atoms with van der Waals surface area (Å²) in [4.78, 5) is 20.0. The zero-order valence-corrected chi connectivity index (χ0v) is 27.4. The van der Waals surface area contributed by atoms with Crippen LogP contribution in [0, 0.1) is 0 Å². The van der Waals surface area contributed by atoms with Crippen molar-refractivity contribution in [2.45, 2.75) is 0 Å². The average molecular weight is 653 g/mol. The van der Waals surface area contributed by atoms with E-state index in [9.17, 15) is 0 Å². The molecule has 0 atom stereocenters. The fourth-order valence-corrected chi connectivity index (χ4v) is 7.02. The summed E-state index contributed by atoms with van der Waals surface area (Å²) in [7, 11) is 0. The minimum atomic E-state index is 0.626. The number of fused-ring (bicyclic) bond motifs is 6. The maximum absolute atomic E-state index is 6.57. The van der Waals surface area contributed by atoms with E-state index >= 15 is 0 Å². The average Bonchev–Trinajstić information content (AvgIpc) is 3.61. The molecule has 3 heterocycles. The van der Waals surface area contributed by atoms with Gasteiger partial charge in [-0.15, -0.1) is 0 Å². The zero-order valence-electron chi connectivity index (χ0n) is 27.4. The molecule has 0 aliphatic rings. The van der Waals surface area contributed by atoms with E-state index < -0.39 is 0 Å². The highest BCUT2D eigenvalue weighted by molar-refractivity contribution is 6.21. The van der Waals surface area contributed by atoms with E-state index in [-0.39, 0.29) is 0 Å². The van der Waals surface area contributed by atoms with Crippen LogP contribution >= 0.6 is 0 Å². The molecule has 0 spiro atoms. The Morgan fingerprint density at radius 1 is 0.373 bits per heavy atom. The summed E-state index contributed by atoms with van der Waals surface area (Å²) in [6.45, 7) is 0. The number of aromatic nitrogens is 4. The molecule has 5 heteroatoms. The number of hydrogen-bond donors (Lipinski definition) is 0. The van der Waals surface area contributed by atoms with Crippen molar-refractivity contribution >= 4 is 43.6 Å². The van der Waals surface area contributed by atoms with Crippen LogP contribution < -0.4 is 0 Å². The highest BCUT2D eigenvalue weighted by atomic mass is 16.3. The van der Waals surface area contributed by atoms with Crippen molar-refractivity contribution in [3.63, 3.8) is 0 Å². The van der Waals surface area contributed by atoms with E-state index in [0.717, 1.165) is 77.3 Å². The van der Waals surface area contributed by atoms with Crippen LogP contribution in [0.3, 0.4) is 0 Å². The Bertz CT molecular complexity index is 2840. The first-order valence-corrected chi connectivity index (χ1v) is 17.0. The van der Waals surface area contributed by atoms with Gasteiger partial charge in [0, 0.05) is 33.0 Å². The summed E-state index contributed by atoms with van der Waals surface area (Å²) < 4.78 is 6.57. The summed E-state index contributed by atoms with van der Waals surface area (Å²) in [5.74, 6) is 1.91. The molecule has 0 aliphatic carbocycles. The number of furan rings is 1. The number of nitrogens with zero attached hydrogens (tertiary/aromatic N) is 4. The quantitative estimate of drug-likeness (QED) is 0.185. The third-order valence-electron chi connectivity index (χ3n) is 9.53. The summed E-state index contributed by atoms with van der Waals surface area (Å²) in [5, 5.41) is 5.42. The van der Waals surface area contributed by atoms with E-state index in [0.29, 0.717) is 17.5 Å². The molecule has 0 unspecified atom stereocenters. The lowest BCUT2D eigenvalue weighted by Crippen LogP contribution is -2.00. The van der Waals surface area contributed by atoms with E-state index in [1.807, 2.05) is 72.8 Å². The Kier molecular flexibility index (Phi) is 6.74. The fraction of sp³-hybridized carbons (Fsp3) is 0. The molecule has 0 bridgehead atoms. The van der Waals surface area contributed by atoms with Crippen molar-refractivity contribution in [1.82, 2.24) is 19.9 Å². The standard InChI is InChI=1S/C46H28N4O/c1-3-13-31(14-4-1)44-48-45(32-15-5-2-6-16-32)50-46(49-44)33-24-22-29(23-25-33)34-26-27-37-39(28-34)47-42(36-20-11-17-30-12-7-8-18-35(30)36)41-38-19-9-10-21-40(38)51-43(37)41/h1-28H. The molecule has 0 aliphatic heterocycles. The van der Waals surface area contributed by atoms with E-state index in [1.54, 1.807) is 0 Å². The van der Waals surface area contributed by atoms with Gasteiger partial charge < -0.3 is 4.42 Å².